The monoisotopic (exact) mass is 464 g/mol. The topological polar surface area (TPSA) is 72.7 Å². The number of rotatable bonds is 4. The normalized spacial score (nSPS) is 17.4. The fraction of sp³-hybridized carbons (Fsp3) is 0.619. The zero-order chi connectivity index (χ0) is 20.1. The number of hydrogen-bond donors (Lipinski definition) is 1. The Morgan fingerprint density at radius 3 is 2.07 bits per heavy atom. The maximum atomic E-state index is 11.9. The molecule has 7 heteroatoms. The first kappa shape index (κ1) is 27.2. The molecule has 6 nitrogen and oxygen atoms in total. The van der Waals surface area contributed by atoms with Crippen LogP contribution in [-0.2, 0) is 42.2 Å². The molecule has 0 aromatic heterocycles. The number of hydrogen-bond acceptors (Lipinski definition) is 4. The van der Waals surface area contributed by atoms with Gasteiger partial charge in [-0.25, -0.2) is 4.79 Å². The van der Waals surface area contributed by atoms with Crippen LogP contribution in [0.25, 0.3) is 5.32 Å². The van der Waals surface area contributed by atoms with E-state index in [4.69, 9.17) is 4.74 Å². The zero-order valence-electron chi connectivity index (χ0n) is 17.6. The SMILES string of the molecule is CC.CNC(COC(=O)N1CCC2(CC1)C[N-]C2)C(C)=O.[Y].[c-]1ccccc1. The van der Waals surface area contributed by atoms with E-state index in [9.17, 15) is 9.59 Å². The zero-order valence-corrected chi connectivity index (χ0v) is 20.4. The van der Waals surface area contributed by atoms with E-state index in [-0.39, 0.29) is 51.2 Å². The van der Waals surface area contributed by atoms with E-state index in [1.54, 1.807) is 11.9 Å². The van der Waals surface area contributed by atoms with Crippen LogP contribution in [0.4, 0.5) is 4.79 Å². The van der Waals surface area contributed by atoms with Crippen molar-refractivity contribution in [3.8, 4) is 0 Å². The third kappa shape index (κ3) is 9.12. The van der Waals surface area contributed by atoms with Crippen molar-refractivity contribution in [2.45, 2.75) is 39.7 Å². The molecule has 1 aromatic rings. The summed E-state index contributed by atoms with van der Waals surface area (Å²) in [6.07, 6.45) is 1.70. The summed E-state index contributed by atoms with van der Waals surface area (Å²) in [6.45, 7) is 8.95. The van der Waals surface area contributed by atoms with Gasteiger partial charge < -0.3 is 20.3 Å². The molecule has 2 aliphatic heterocycles. The maximum absolute atomic E-state index is 11.9. The van der Waals surface area contributed by atoms with Gasteiger partial charge >= 0.3 is 6.09 Å². The van der Waals surface area contributed by atoms with E-state index in [1.807, 2.05) is 44.2 Å². The predicted molar refractivity (Wildman–Crippen MR) is 108 cm³/mol. The van der Waals surface area contributed by atoms with Crippen LogP contribution < -0.4 is 5.32 Å². The van der Waals surface area contributed by atoms with E-state index in [0.29, 0.717) is 5.41 Å². The molecular formula is C21H33N3O3Y-2. The largest absolute Gasteiger partial charge is 0.661 e. The van der Waals surface area contributed by atoms with Gasteiger partial charge in [-0.2, -0.15) is 36.4 Å². The van der Waals surface area contributed by atoms with Crippen LogP contribution in [0.1, 0.15) is 33.6 Å². The Morgan fingerprint density at radius 2 is 1.75 bits per heavy atom. The number of Topliss-reactive ketones (excluding diaryl/α,β-unsaturated/α-hetero) is 1. The summed E-state index contributed by atoms with van der Waals surface area (Å²) in [6, 6.07) is 12.1. The summed E-state index contributed by atoms with van der Waals surface area (Å²) in [4.78, 5) is 24.8. The molecule has 3 rings (SSSR count). The molecule has 0 aliphatic carbocycles. The minimum absolute atomic E-state index is 0. The number of amides is 1. The predicted octanol–water partition coefficient (Wildman–Crippen LogP) is 3.28. The quantitative estimate of drug-likeness (QED) is 0.695. The number of piperidine rings is 1. The third-order valence-electron chi connectivity index (χ3n) is 4.80. The van der Waals surface area contributed by atoms with E-state index in [0.717, 1.165) is 39.0 Å². The van der Waals surface area contributed by atoms with Crippen molar-refractivity contribution in [3.63, 3.8) is 0 Å². The van der Waals surface area contributed by atoms with Gasteiger partial charge in [-0.05, 0) is 26.8 Å². The fourth-order valence-electron chi connectivity index (χ4n) is 2.90. The average Bonchev–Trinajstić information content (AvgIpc) is 2.70. The van der Waals surface area contributed by atoms with Crippen LogP contribution >= 0.6 is 0 Å². The number of carbonyl (C=O) groups is 2. The van der Waals surface area contributed by atoms with Crippen molar-refractivity contribution in [1.29, 1.82) is 0 Å². The molecule has 2 saturated heterocycles. The van der Waals surface area contributed by atoms with Crippen molar-refractivity contribution < 1.29 is 47.0 Å². The van der Waals surface area contributed by atoms with Crippen LogP contribution in [-0.4, -0.2) is 62.7 Å². The number of likely N-dealkylation sites (tertiary alicyclic amines) is 1. The summed E-state index contributed by atoms with van der Waals surface area (Å²) in [5, 5.41) is 7.11. The third-order valence-corrected chi connectivity index (χ3v) is 4.80. The van der Waals surface area contributed by atoms with Crippen molar-refractivity contribution in [2.24, 2.45) is 5.41 Å². The van der Waals surface area contributed by atoms with E-state index < -0.39 is 6.04 Å². The summed E-state index contributed by atoms with van der Waals surface area (Å²) in [5.74, 6) is -0.0241. The summed E-state index contributed by atoms with van der Waals surface area (Å²) >= 11 is 0. The van der Waals surface area contributed by atoms with E-state index in [2.05, 4.69) is 16.7 Å². The smallest absolute Gasteiger partial charge is 0.409 e. The number of ether oxygens (including phenoxy) is 1. The summed E-state index contributed by atoms with van der Waals surface area (Å²) in [5.41, 5.74) is 0.365. The van der Waals surface area contributed by atoms with Crippen LogP contribution in [0, 0.1) is 11.5 Å². The molecule has 1 aromatic carbocycles. The minimum atomic E-state index is -0.412. The number of likely N-dealkylation sites (N-methyl/N-ethyl adjacent to an activating group) is 1. The number of nitrogens with zero attached hydrogens (tertiary/aromatic N) is 2. The van der Waals surface area contributed by atoms with E-state index in [1.165, 1.54) is 6.92 Å². The Balaban J connectivity index is 0.000000684. The van der Waals surface area contributed by atoms with Gasteiger partial charge in [0.05, 0.1) is 0 Å². The standard InChI is InChI=1S/C13H22N3O3.C6H5.C2H6.Y/c1-10(17)11(14-2)7-19-12(18)16-5-3-13(4-6-16)8-15-9-13;1-2-4-6-5-3-1;1-2;/h11,14H,3-9H2,1-2H3;1-5H;1-2H3;/q2*-1;;. The van der Waals surface area contributed by atoms with Gasteiger partial charge in [0.1, 0.15) is 18.4 Å². The molecular weight excluding hydrogens is 431 g/mol. The summed E-state index contributed by atoms with van der Waals surface area (Å²) < 4.78 is 5.20. The molecule has 2 aliphatic rings. The van der Waals surface area contributed by atoms with Gasteiger partial charge in [0, 0.05) is 45.8 Å². The second-order valence-electron chi connectivity index (χ2n) is 6.63. The Kier molecular flexibility index (Phi) is 14.6. The maximum Gasteiger partial charge on any atom is 0.409 e. The fourth-order valence-corrected chi connectivity index (χ4v) is 2.90. The Bertz CT molecular complexity index is 516. The van der Waals surface area contributed by atoms with Gasteiger partial charge in [0.25, 0.3) is 0 Å². The molecule has 28 heavy (non-hydrogen) atoms. The molecule has 0 saturated carbocycles. The molecule has 1 unspecified atom stereocenters. The van der Waals surface area contributed by atoms with Gasteiger partial charge in [0.2, 0.25) is 0 Å². The van der Waals surface area contributed by atoms with E-state index >= 15 is 0 Å². The molecule has 0 bridgehead atoms. The van der Waals surface area contributed by atoms with Crippen molar-refractivity contribution in [3.05, 3.63) is 41.7 Å². The molecule has 1 amide bonds. The van der Waals surface area contributed by atoms with Crippen molar-refractivity contribution >= 4 is 11.9 Å². The minimum Gasteiger partial charge on any atom is -0.661 e. The molecule has 2 heterocycles. The average molecular weight is 464 g/mol. The second-order valence-corrected chi connectivity index (χ2v) is 6.63. The molecule has 155 valence electrons. The van der Waals surface area contributed by atoms with Crippen LogP contribution in [0.3, 0.4) is 0 Å². The second kappa shape index (κ2) is 15.1. The number of carbonyl (C=O) groups excluding carboxylic acids is 2. The first-order valence-electron chi connectivity index (χ1n) is 9.70. The first-order chi connectivity index (χ1) is 13.1. The Morgan fingerprint density at radius 1 is 1.18 bits per heavy atom. The number of benzene rings is 1. The Labute approximate surface area is 195 Å². The number of ketones is 1. The van der Waals surface area contributed by atoms with Gasteiger partial charge in [0.15, 0.2) is 0 Å². The van der Waals surface area contributed by atoms with Gasteiger partial charge in [-0.1, -0.05) is 19.3 Å². The molecule has 2 fully saturated rings. The van der Waals surface area contributed by atoms with Gasteiger partial charge in [-0.3, -0.25) is 4.79 Å². The van der Waals surface area contributed by atoms with Crippen molar-refractivity contribution in [2.75, 3.05) is 39.8 Å². The molecule has 1 radical (unpaired) electrons. The summed E-state index contributed by atoms with van der Waals surface area (Å²) in [7, 11) is 1.69. The molecule has 1 spiro atoms. The first-order valence-corrected chi connectivity index (χ1v) is 9.70. The molecule has 1 N–H and O–H groups in total. The van der Waals surface area contributed by atoms with Crippen LogP contribution in [0.5, 0.6) is 0 Å². The Hall–Kier alpha value is -0.816. The number of nitrogens with one attached hydrogen (secondary N) is 1. The van der Waals surface area contributed by atoms with Crippen molar-refractivity contribution in [1.82, 2.24) is 10.2 Å². The van der Waals surface area contributed by atoms with Gasteiger partial charge in [-0.15, -0.1) is 13.1 Å². The van der Waals surface area contributed by atoms with Crippen LogP contribution in [0.15, 0.2) is 30.3 Å². The van der Waals surface area contributed by atoms with Crippen LogP contribution in [0.2, 0.25) is 0 Å². The molecule has 1 atom stereocenters.